The van der Waals surface area contributed by atoms with Gasteiger partial charge in [0.15, 0.2) is 0 Å². The van der Waals surface area contributed by atoms with Crippen molar-refractivity contribution in [2.75, 3.05) is 38.1 Å². The summed E-state index contributed by atoms with van der Waals surface area (Å²) in [7, 11) is 1.58. The second-order valence-corrected chi connectivity index (χ2v) is 8.05. The Morgan fingerprint density at radius 2 is 1.54 bits per heavy atom. The number of hydrogen-bond donors (Lipinski definition) is 0. The lowest BCUT2D eigenvalue weighted by molar-refractivity contribution is 0.00578. The van der Waals surface area contributed by atoms with E-state index in [0.29, 0.717) is 5.69 Å². The van der Waals surface area contributed by atoms with Gasteiger partial charge in [-0.15, -0.1) is 0 Å². The zero-order valence-electron chi connectivity index (χ0n) is 15.6. The normalized spacial score (nSPS) is 23.8. The fourth-order valence-corrected chi connectivity index (χ4v) is 3.31. The van der Waals surface area contributed by atoms with E-state index in [2.05, 4.69) is 16.8 Å². The number of piperazine rings is 1. The molecule has 24 heavy (non-hydrogen) atoms. The van der Waals surface area contributed by atoms with Gasteiger partial charge in [0.25, 0.3) is 0 Å². The second kappa shape index (κ2) is 6.01. The Hall–Kier alpha value is -1.11. The van der Waals surface area contributed by atoms with Gasteiger partial charge >= 0.3 is 7.12 Å². The summed E-state index contributed by atoms with van der Waals surface area (Å²) in [6, 6.07) is 3.57. The Morgan fingerprint density at radius 3 is 2.04 bits per heavy atom. The first-order chi connectivity index (χ1) is 11.1. The fraction of sp³-hybridized carbons (Fsp3) is 0.667. The van der Waals surface area contributed by atoms with Gasteiger partial charge in [-0.1, -0.05) is 6.07 Å². The van der Waals surface area contributed by atoms with E-state index >= 15 is 0 Å². The van der Waals surface area contributed by atoms with Crippen LogP contribution in [0.5, 0.6) is 0 Å². The Bertz CT molecular complexity index is 588. The number of aryl methyl sites for hydroxylation is 1. The summed E-state index contributed by atoms with van der Waals surface area (Å²) < 4.78 is 27.0. The SMILES string of the molecule is Cc1cc(B2OC(C)(C)C(C)(C)O2)cc(F)c1N1CCN(C)CC1. The van der Waals surface area contributed by atoms with Gasteiger partial charge in [0, 0.05) is 26.2 Å². The highest BCUT2D eigenvalue weighted by Gasteiger charge is 2.51. The van der Waals surface area contributed by atoms with Gasteiger partial charge in [-0.25, -0.2) is 4.39 Å². The van der Waals surface area contributed by atoms with E-state index < -0.39 is 18.3 Å². The van der Waals surface area contributed by atoms with Crippen LogP contribution in [0.1, 0.15) is 33.3 Å². The summed E-state index contributed by atoms with van der Waals surface area (Å²) in [5.41, 5.74) is 1.56. The molecule has 4 nitrogen and oxygen atoms in total. The lowest BCUT2D eigenvalue weighted by Gasteiger charge is -2.35. The van der Waals surface area contributed by atoms with E-state index in [1.54, 1.807) is 6.07 Å². The van der Waals surface area contributed by atoms with Crippen LogP contribution >= 0.6 is 0 Å². The summed E-state index contributed by atoms with van der Waals surface area (Å²) in [5, 5.41) is 0. The minimum absolute atomic E-state index is 0.190. The van der Waals surface area contributed by atoms with Crippen LogP contribution in [-0.4, -0.2) is 56.4 Å². The van der Waals surface area contributed by atoms with Crippen LogP contribution in [0.25, 0.3) is 0 Å². The average molecular weight is 334 g/mol. The summed E-state index contributed by atoms with van der Waals surface area (Å²) in [6.45, 7) is 13.6. The first-order valence-corrected chi connectivity index (χ1v) is 8.70. The van der Waals surface area contributed by atoms with E-state index in [9.17, 15) is 4.39 Å². The van der Waals surface area contributed by atoms with Crippen LogP contribution in [-0.2, 0) is 9.31 Å². The maximum absolute atomic E-state index is 14.9. The van der Waals surface area contributed by atoms with Gasteiger partial charge in [0.1, 0.15) is 5.82 Å². The van der Waals surface area contributed by atoms with E-state index in [1.807, 2.05) is 40.7 Å². The molecule has 0 spiro atoms. The van der Waals surface area contributed by atoms with Crippen LogP contribution in [0.3, 0.4) is 0 Å². The van der Waals surface area contributed by atoms with Crippen LogP contribution in [0.4, 0.5) is 10.1 Å². The standard InChI is InChI=1S/C18H28BFN2O2/c1-13-11-14(19-23-17(2,3)18(4,5)24-19)12-15(20)16(13)22-9-7-21(6)8-10-22/h11-12H,7-10H2,1-6H3. The number of likely N-dealkylation sites (N-methyl/N-ethyl adjacent to an activating group) is 1. The van der Waals surface area contributed by atoms with E-state index in [-0.39, 0.29) is 5.82 Å². The molecular formula is C18H28BFN2O2. The molecular weight excluding hydrogens is 306 g/mol. The molecule has 0 radical (unpaired) electrons. The highest BCUT2D eigenvalue weighted by molar-refractivity contribution is 6.62. The van der Waals surface area contributed by atoms with Crippen molar-refractivity contribution in [1.29, 1.82) is 0 Å². The molecule has 132 valence electrons. The molecule has 1 aromatic carbocycles. The Labute approximate surface area is 145 Å². The molecule has 0 saturated carbocycles. The van der Waals surface area contributed by atoms with Crippen LogP contribution in [0, 0.1) is 12.7 Å². The lowest BCUT2D eigenvalue weighted by Crippen LogP contribution is -2.45. The molecule has 3 rings (SSSR count). The van der Waals surface area contributed by atoms with Crippen molar-refractivity contribution in [3.05, 3.63) is 23.5 Å². The van der Waals surface area contributed by atoms with Gasteiger partial charge in [-0.2, -0.15) is 0 Å². The van der Waals surface area contributed by atoms with Gasteiger partial charge in [-0.05, 0) is 58.8 Å². The van der Waals surface area contributed by atoms with Crippen LogP contribution in [0.2, 0.25) is 0 Å². The highest BCUT2D eigenvalue weighted by Crippen LogP contribution is 2.37. The topological polar surface area (TPSA) is 24.9 Å². The molecule has 2 aliphatic rings. The number of halogens is 1. The van der Waals surface area contributed by atoms with Crippen LogP contribution in [0.15, 0.2) is 12.1 Å². The van der Waals surface area contributed by atoms with Gasteiger partial charge in [0.2, 0.25) is 0 Å². The van der Waals surface area contributed by atoms with Crippen molar-refractivity contribution in [2.24, 2.45) is 0 Å². The summed E-state index contributed by atoms with van der Waals surface area (Å²) in [6.07, 6.45) is 0. The van der Waals surface area contributed by atoms with E-state index in [0.717, 1.165) is 37.2 Å². The minimum atomic E-state index is -0.523. The summed E-state index contributed by atoms with van der Waals surface area (Å²) in [5.74, 6) is -0.190. The maximum atomic E-state index is 14.9. The zero-order chi connectivity index (χ0) is 17.7. The average Bonchev–Trinajstić information content (AvgIpc) is 2.69. The number of anilines is 1. The molecule has 2 fully saturated rings. The molecule has 0 bridgehead atoms. The molecule has 0 aliphatic carbocycles. The molecule has 0 amide bonds. The van der Waals surface area contributed by atoms with Crippen molar-refractivity contribution in [3.63, 3.8) is 0 Å². The maximum Gasteiger partial charge on any atom is 0.494 e. The smallest absolute Gasteiger partial charge is 0.399 e. The van der Waals surface area contributed by atoms with Gasteiger partial charge in [0.05, 0.1) is 16.9 Å². The van der Waals surface area contributed by atoms with Gasteiger partial charge < -0.3 is 19.1 Å². The quantitative estimate of drug-likeness (QED) is 0.774. The molecule has 0 aromatic heterocycles. The molecule has 0 N–H and O–H groups in total. The monoisotopic (exact) mass is 334 g/mol. The van der Waals surface area contributed by atoms with Crippen molar-refractivity contribution in [1.82, 2.24) is 4.90 Å². The first-order valence-electron chi connectivity index (χ1n) is 8.70. The molecule has 6 heteroatoms. The molecule has 2 saturated heterocycles. The third kappa shape index (κ3) is 3.07. The van der Waals surface area contributed by atoms with Crippen LogP contribution < -0.4 is 10.4 Å². The third-order valence-electron chi connectivity index (χ3n) is 5.62. The first kappa shape index (κ1) is 17.7. The summed E-state index contributed by atoms with van der Waals surface area (Å²) >= 11 is 0. The van der Waals surface area contributed by atoms with Crippen molar-refractivity contribution >= 4 is 18.3 Å². The fourth-order valence-electron chi connectivity index (χ4n) is 3.31. The largest absolute Gasteiger partial charge is 0.494 e. The van der Waals surface area contributed by atoms with E-state index in [4.69, 9.17) is 9.31 Å². The predicted molar refractivity (Wildman–Crippen MR) is 96.6 cm³/mol. The predicted octanol–water partition coefficient (Wildman–Crippen LogP) is 2.19. The molecule has 0 atom stereocenters. The molecule has 2 heterocycles. The Kier molecular flexibility index (Phi) is 4.43. The van der Waals surface area contributed by atoms with Gasteiger partial charge in [-0.3, -0.25) is 0 Å². The van der Waals surface area contributed by atoms with Crippen molar-refractivity contribution < 1.29 is 13.7 Å². The van der Waals surface area contributed by atoms with Crippen molar-refractivity contribution in [2.45, 2.75) is 45.8 Å². The molecule has 2 aliphatic heterocycles. The van der Waals surface area contributed by atoms with Crippen molar-refractivity contribution in [3.8, 4) is 0 Å². The highest BCUT2D eigenvalue weighted by atomic mass is 19.1. The number of benzene rings is 1. The number of rotatable bonds is 2. The second-order valence-electron chi connectivity index (χ2n) is 8.05. The molecule has 1 aromatic rings. The molecule has 0 unspecified atom stereocenters. The Morgan fingerprint density at radius 1 is 1.00 bits per heavy atom. The third-order valence-corrected chi connectivity index (χ3v) is 5.62. The number of hydrogen-bond acceptors (Lipinski definition) is 4. The zero-order valence-corrected chi connectivity index (χ0v) is 15.6. The lowest BCUT2D eigenvalue weighted by atomic mass is 9.78. The van der Waals surface area contributed by atoms with E-state index in [1.165, 1.54) is 0 Å². The Balaban J connectivity index is 1.86. The number of nitrogens with zero attached hydrogens (tertiary/aromatic N) is 2. The summed E-state index contributed by atoms with van der Waals surface area (Å²) in [4.78, 5) is 4.40. The minimum Gasteiger partial charge on any atom is -0.399 e.